The largest absolute Gasteiger partial charge is 0.0587 e. The van der Waals surface area contributed by atoms with Crippen molar-refractivity contribution in [2.24, 2.45) is 0 Å². The molecular weight excluding hydrogens is 192 g/mol. The highest BCUT2D eigenvalue weighted by Gasteiger charge is 2.06. The van der Waals surface area contributed by atoms with Crippen molar-refractivity contribution in [1.82, 2.24) is 0 Å². The first-order chi connectivity index (χ1) is 7.59. The molecule has 2 rings (SSSR count). The minimum absolute atomic E-state index is 1.23. The van der Waals surface area contributed by atoms with Crippen LogP contribution in [0.15, 0.2) is 30.3 Å². The van der Waals surface area contributed by atoms with Crippen LogP contribution in [0.2, 0.25) is 0 Å². The van der Waals surface area contributed by atoms with Gasteiger partial charge in [-0.1, -0.05) is 35.9 Å². The summed E-state index contributed by atoms with van der Waals surface area (Å²) in [5, 5.41) is 0. The monoisotopic (exact) mass is 209 g/mol. The molecule has 0 unspecified atom stereocenters. The predicted octanol–water partition coefficient (Wildman–Crippen LogP) is 4.39. The third-order valence-electron chi connectivity index (χ3n) is 3.19. The first-order valence-corrected chi connectivity index (χ1v) is 5.65. The van der Waals surface area contributed by atoms with Crippen LogP contribution in [0.5, 0.6) is 0 Å². The summed E-state index contributed by atoms with van der Waals surface area (Å²) in [6, 6.07) is 14.0. The van der Waals surface area contributed by atoms with Gasteiger partial charge in [-0.3, -0.25) is 0 Å². The van der Waals surface area contributed by atoms with Crippen LogP contribution in [0.25, 0.3) is 11.1 Å². The SMILES string of the molecule is Cc1ccc(-c2cc[c]c(C)c2C)c(C)c1. The maximum Gasteiger partial charge on any atom is -0.0149 e. The average Bonchev–Trinajstić information content (AvgIpc) is 2.23. The Kier molecular flexibility index (Phi) is 2.82. The lowest BCUT2D eigenvalue weighted by molar-refractivity contribution is 1.31. The van der Waals surface area contributed by atoms with Crippen molar-refractivity contribution in [1.29, 1.82) is 0 Å². The van der Waals surface area contributed by atoms with Crippen LogP contribution < -0.4 is 0 Å². The molecule has 0 aliphatic carbocycles. The van der Waals surface area contributed by atoms with Crippen molar-refractivity contribution < 1.29 is 0 Å². The van der Waals surface area contributed by atoms with Gasteiger partial charge in [0, 0.05) is 0 Å². The third-order valence-corrected chi connectivity index (χ3v) is 3.19. The Hall–Kier alpha value is -1.56. The van der Waals surface area contributed by atoms with Crippen LogP contribution >= 0.6 is 0 Å². The Morgan fingerprint density at radius 2 is 1.62 bits per heavy atom. The van der Waals surface area contributed by atoms with Crippen molar-refractivity contribution in [3.63, 3.8) is 0 Å². The molecular formula is C16H17. The molecule has 0 fully saturated rings. The molecule has 0 nitrogen and oxygen atoms in total. The van der Waals surface area contributed by atoms with Crippen LogP contribution in [0.4, 0.5) is 0 Å². The Balaban J connectivity index is 2.63. The van der Waals surface area contributed by atoms with Crippen molar-refractivity contribution in [2.75, 3.05) is 0 Å². The maximum atomic E-state index is 3.24. The average molecular weight is 209 g/mol. The van der Waals surface area contributed by atoms with Crippen LogP contribution in [0.3, 0.4) is 0 Å². The maximum absolute atomic E-state index is 3.24. The zero-order chi connectivity index (χ0) is 11.7. The van der Waals surface area contributed by atoms with Gasteiger partial charge in [0.15, 0.2) is 0 Å². The molecule has 0 heteroatoms. The first kappa shape index (κ1) is 10.9. The fourth-order valence-corrected chi connectivity index (χ4v) is 2.09. The Morgan fingerprint density at radius 3 is 2.31 bits per heavy atom. The van der Waals surface area contributed by atoms with Gasteiger partial charge in [-0.15, -0.1) is 0 Å². The summed E-state index contributed by atoms with van der Waals surface area (Å²) in [6.45, 7) is 8.59. The number of rotatable bonds is 1. The summed E-state index contributed by atoms with van der Waals surface area (Å²) < 4.78 is 0. The smallest absolute Gasteiger partial charge is 0.0149 e. The van der Waals surface area contributed by atoms with Gasteiger partial charge in [-0.05, 0) is 61.6 Å². The molecule has 16 heavy (non-hydrogen) atoms. The molecule has 0 N–H and O–H groups in total. The van der Waals surface area contributed by atoms with Crippen molar-refractivity contribution >= 4 is 0 Å². The molecule has 2 aromatic carbocycles. The van der Waals surface area contributed by atoms with Crippen molar-refractivity contribution in [2.45, 2.75) is 27.7 Å². The van der Waals surface area contributed by atoms with E-state index in [0.29, 0.717) is 0 Å². The molecule has 0 saturated heterocycles. The summed E-state index contributed by atoms with van der Waals surface area (Å²) in [4.78, 5) is 0. The highest BCUT2D eigenvalue weighted by Crippen LogP contribution is 2.28. The lowest BCUT2D eigenvalue weighted by atomic mass is 9.93. The molecule has 2 aromatic rings. The van der Waals surface area contributed by atoms with E-state index in [1.54, 1.807) is 0 Å². The van der Waals surface area contributed by atoms with E-state index in [4.69, 9.17) is 0 Å². The number of aryl methyl sites for hydroxylation is 3. The lowest BCUT2D eigenvalue weighted by Crippen LogP contribution is -1.90. The quantitative estimate of drug-likeness (QED) is 0.653. The summed E-state index contributed by atoms with van der Waals surface area (Å²) >= 11 is 0. The fourth-order valence-electron chi connectivity index (χ4n) is 2.09. The van der Waals surface area contributed by atoms with E-state index < -0.39 is 0 Å². The second-order valence-electron chi connectivity index (χ2n) is 4.46. The molecule has 0 saturated carbocycles. The molecule has 0 atom stereocenters. The summed E-state index contributed by atoms with van der Waals surface area (Å²) in [6.07, 6.45) is 0. The van der Waals surface area contributed by atoms with Gasteiger partial charge in [0.25, 0.3) is 0 Å². The zero-order valence-corrected chi connectivity index (χ0v) is 10.4. The molecule has 0 aliphatic rings. The van der Waals surface area contributed by atoms with E-state index in [-0.39, 0.29) is 0 Å². The number of hydrogen-bond donors (Lipinski definition) is 0. The van der Waals surface area contributed by atoms with Crippen molar-refractivity contribution in [3.05, 3.63) is 58.7 Å². The number of hydrogen-bond acceptors (Lipinski definition) is 0. The molecule has 0 spiro atoms. The molecule has 0 heterocycles. The molecule has 81 valence electrons. The Bertz CT molecular complexity index is 522. The molecule has 0 amide bonds. The second-order valence-corrected chi connectivity index (χ2v) is 4.46. The topological polar surface area (TPSA) is 0 Å². The summed E-state index contributed by atoms with van der Waals surface area (Å²) in [5.74, 6) is 0. The van der Waals surface area contributed by atoms with Gasteiger partial charge in [0.2, 0.25) is 0 Å². The minimum atomic E-state index is 1.23. The predicted molar refractivity (Wildman–Crippen MR) is 69.7 cm³/mol. The van der Waals surface area contributed by atoms with E-state index >= 15 is 0 Å². The van der Waals surface area contributed by atoms with Gasteiger partial charge >= 0.3 is 0 Å². The van der Waals surface area contributed by atoms with E-state index in [2.05, 4.69) is 58.0 Å². The summed E-state index contributed by atoms with van der Waals surface area (Å²) in [5.41, 5.74) is 7.88. The summed E-state index contributed by atoms with van der Waals surface area (Å²) in [7, 11) is 0. The third kappa shape index (κ3) is 1.88. The van der Waals surface area contributed by atoms with Gasteiger partial charge in [0.1, 0.15) is 0 Å². The van der Waals surface area contributed by atoms with Crippen LogP contribution in [0, 0.1) is 33.8 Å². The van der Waals surface area contributed by atoms with Crippen LogP contribution in [-0.2, 0) is 0 Å². The molecule has 0 aliphatic heterocycles. The molecule has 1 radical (unpaired) electrons. The number of benzene rings is 2. The van der Waals surface area contributed by atoms with E-state index in [1.165, 1.54) is 33.4 Å². The highest BCUT2D eigenvalue weighted by molar-refractivity contribution is 5.71. The van der Waals surface area contributed by atoms with E-state index in [9.17, 15) is 0 Å². The van der Waals surface area contributed by atoms with Gasteiger partial charge in [0.05, 0.1) is 0 Å². The van der Waals surface area contributed by atoms with Crippen LogP contribution in [0.1, 0.15) is 22.3 Å². The minimum Gasteiger partial charge on any atom is -0.0587 e. The second kappa shape index (κ2) is 4.13. The Morgan fingerprint density at radius 1 is 0.875 bits per heavy atom. The first-order valence-electron chi connectivity index (χ1n) is 5.65. The van der Waals surface area contributed by atoms with Gasteiger partial charge in [-0.25, -0.2) is 0 Å². The molecule has 0 bridgehead atoms. The fraction of sp³-hybridized carbons (Fsp3) is 0.250. The standard InChI is InChI=1S/C16H17/c1-11-8-9-15(13(3)10-11)16-7-5-6-12(2)14(16)4/h5,7-10H,1-4H3. The molecule has 0 aromatic heterocycles. The normalized spacial score (nSPS) is 10.5. The van der Waals surface area contributed by atoms with Crippen molar-refractivity contribution in [3.8, 4) is 11.1 Å². The van der Waals surface area contributed by atoms with Crippen LogP contribution in [-0.4, -0.2) is 0 Å². The van der Waals surface area contributed by atoms with Gasteiger partial charge in [-0.2, -0.15) is 0 Å². The lowest BCUT2D eigenvalue weighted by Gasteiger charge is -2.11. The zero-order valence-electron chi connectivity index (χ0n) is 10.4. The van der Waals surface area contributed by atoms with E-state index in [1.807, 2.05) is 6.07 Å². The van der Waals surface area contributed by atoms with E-state index in [0.717, 1.165) is 0 Å². The van der Waals surface area contributed by atoms with Gasteiger partial charge < -0.3 is 0 Å². The Labute approximate surface area is 97.9 Å². The highest BCUT2D eigenvalue weighted by atomic mass is 14.1.